The first kappa shape index (κ1) is 32.4. The zero-order chi connectivity index (χ0) is 29.4. The molecule has 0 spiro atoms. The lowest BCUT2D eigenvalue weighted by molar-refractivity contribution is -0.149. The molecular formula is C27H42N4O7. The highest BCUT2D eigenvalue weighted by molar-refractivity contribution is 5.94. The van der Waals surface area contributed by atoms with Crippen LogP contribution in [0.5, 0.6) is 0 Å². The Morgan fingerprint density at radius 1 is 1.00 bits per heavy atom. The van der Waals surface area contributed by atoms with E-state index in [1.165, 1.54) is 12.0 Å². The van der Waals surface area contributed by atoms with Crippen molar-refractivity contribution in [2.24, 2.45) is 5.73 Å². The fourth-order valence-corrected chi connectivity index (χ4v) is 3.69. The maximum Gasteiger partial charge on any atom is 0.408 e. The summed E-state index contributed by atoms with van der Waals surface area (Å²) in [6.07, 6.45) is -1.15. The Morgan fingerprint density at radius 2 is 1.61 bits per heavy atom. The van der Waals surface area contributed by atoms with Gasteiger partial charge in [0, 0.05) is 12.0 Å². The van der Waals surface area contributed by atoms with Gasteiger partial charge in [-0.05, 0) is 78.5 Å². The van der Waals surface area contributed by atoms with Gasteiger partial charge in [-0.25, -0.2) is 4.79 Å². The molecule has 0 heterocycles. The molecule has 2 unspecified atom stereocenters. The molecule has 0 aliphatic heterocycles. The molecule has 1 aromatic rings. The predicted octanol–water partition coefficient (Wildman–Crippen LogP) is 2.42. The smallest absolute Gasteiger partial charge is 0.408 e. The van der Waals surface area contributed by atoms with E-state index in [4.69, 9.17) is 10.5 Å². The van der Waals surface area contributed by atoms with Crippen molar-refractivity contribution >= 4 is 29.8 Å². The molecule has 11 nitrogen and oxygen atoms in total. The minimum atomic E-state index is -1.22. The van der Waals surface area contributed by atoms with Gasteiger partial charge in [0.25, 0.3) is 0 Å². The summed E-state index contributed by atoms with van der Waals surface area (Å²) >= 11 is 0. The number of nitrogens with one attached hydrogen (secondary N) is 2. The molecule has 0 saturated carbocycles. The Hall–Kier alpha value is -3.63. The average molecular weight is 535 g/mol. The average Bonchev–Trinajstić information content (AvgIpc) is 2.77. The molecule has 0 bridgehead atoms. The van der Waals surface area contributed by atoms with E-state index in [2.05, 4.69) is 15.4 Å². The number of methoxy groups -OCH3 is 1. The number of nitrogens with zero attached hydrogens (tertiary/aromatic N) is 1. The van der Waals surface area contributed by atoms with Crippen LogP contribution in [0.4, 0.5) is 4.79 Å². The minimum absolute atomic E-state index is 0.108. The minimum Gasteiger partial charge on any atom is -0.468 e. The number of rotatable bonds is 10. The number of amides is 4. The molecule has 212 valence electrons. The molecule has 38 heavy (non-hydrogen) atoms. The second kappa shape index (κ2) is 13.3. The Morgan fingerprint density at radius 3 is 2.08 bits per heavy atom. The number of nitrogens with two attached hydrogens (primary N) is 1. The van der Waals surface area contributed by atoms with Gasteiger partial charge in [0.05, 0.1) is 7.11 Å². The highest BCUT2D eigenvalue weighted by Crippen LogP contribution is 2.31. The van der Waals surface area contributed by atoms with Crippen LogP contribution in [0.15, 0.2) is 18.2 Å². The maximum atomic E-state index is 14.1. The lowest BCUT2D eigenvalue weighted by Gasteiger charge is -2.43. The summed E-state index contributed by atoms with van der Waals surface area (Å²) in [6.45, 7) is 13.7. The number of hydrogen-bond acceptors (Lipinski definition) is 7. The van der Waals surface area contributed by atoms with Crippen LogP contribution in [0.3, 0.4) is 0 Å². The Balaban J connectivity index is 3.62. The number of esters is 1. The van der Waals surface area contributed by atoms with Crippen molar-refractivity contribution < 1.29 is 33.4 Å². The van der Waals surface area contributed by atoms with Crippen molar-refractivity contribution in [3.63, 3.8) is 0 Å². The Bertz CT molecular complexity index is 1040. The summed E-state index contributed by atoms with van der Waals surface area (Å²) in [5.41, 5.74) is 5.94. The quantitative estimate of drug-likeness (QED) is 0.389. The lowest BCUT2D eigenvalue weighted by atomic mass is 9.93. The molecule has 0 aliphatic rings. The molecule has 0 aliphatic carbocycles. The first-order chi connectivity index (χ1) is 17.4. The van der Waals surface area contributed by atoms with Gasteiger partial charge in [0.1, 0.15) is 24.2 Å². The van der Waals surface area contributed by atoms with Crippen molar-refractivity contribution in [2.45, 2.75) is 91.5 Å². The van der Waals surface area contributed by atoms with E-state index in [1.807, 2.05) is 19.9 Å². The van der Waals surface area contributed by atoms with E-state index in [0.29, 0.717) is 5.56 Å². The van der Waals surface area contributed by atoms with E-state index < -0.39 is 59.6 Å². The van der Waals surface area contributed by atoms with E-state index in [-0.39, 0.29) is 12.8 Å². The van der Waals surface area contributed by atoms with Crippen LogP contribution in [-0.4, -0.2) is 65.5 Å². The number of aryl methyl sites for hydroxylation is 2. The number of carbonyl (C=O) groups excluding carboxylic acids is 5. The van der Waals surface area contributed by atoms with Gasteiger partial charge < -0.3 is 30.7 Å². The third kappa shape index (κ3) is 10.0. The molecule has 0 radical (unpaired) electrons. The van der Waals surface area contributed by atoms with Gasteiger partial charge in [-0.15, -0.1) is 0 Å². The summed E-state index contributed by atoms with van der Waals surface area (Å²) in [4.78, 5) is 64.9. The first-order valence-electron chi connectivity index (χ1n) is 12.4. The van der Waals surface area contributed by atoms with E-state index in [9.17, 15) is 24.0 Å². The van der Waals surface area contributed by atoms with Gasteiger partial charge in [-0.2, -0.15) is 0 Å². The van der Waals surface area contributed by atoms with Gasteiger partial charge in [-0.3, -0.25) is 19.2 Å². The van der Waals surface area contributed by atoms with Crippen molar-refractivity contribution in [1.29, 1.82) is 0 Å². The molecule has 0 aromatic heterocycles. The summed E-state index contributed by atoms with van der Waals surface area (Å²) in [6, 6.07) is 2.96. The SMILES string of the molecule is COC(=O)CNC(=O)C(c1ccc(C)c(C)c1)N(C(=O)C(CCC(N)=O)NC(=O)OC(C)(C)C)C(C)(C)C. The molecule has 0 fully saturated rings. The molecular weight excluding hydrogens is 492 g/mol. The number of carbonyl (C=O) groups is 5. The highest BCUT2D eigenvalue weighted by Gasteiger charge is 2.42. The summed E-state index contributed by atoms with van der Waals surface area (Å²) in [5, 5.41) is 5.08. The topological polar surface area (TPSA) is 157 Å². The van der Waals surface area contributed by atoms with Crippen LogP contribution >= 0.6 is 0 Å². The largest absolute Gasteiger partial charge is 0.468 e. The number of ether oxygens (including phenoxy) is 2. The standard InChI is InChI=1S/C27H42N4O7/c1-16-10-11-18(14-17(16)2)22(23(34)29-15-21(33)37-9)31(26(3,4)5)24(35)19(12-13-20(28)32)30-25(36)38-27(6,7)8/h10-11,14,19,22H,12-13,15H2,1-9H3,(H2,28,32)(H,29,34)(H,30,36). The van der Waals surface area contributed by atoms with Gasteiger partial charge in [0.2, 0.25) is 17.7 Å². The second-order valence-corrected chi connectivity index (χ2v) is 11.1. The molecule has 4 N–H and O–H groups in total. The Kier molecular flexibility index (Phi) is 11.3. The van der Waals surface area contributed by atoms with Gasteiger partial charge in [-0.1, -0.05) is 18.2 Å². The maximum absolute atomic E-state index is 14.1. The zero-order valence-electron chi connectivity index (χ0n) is 23.9. The van der Waals surface area contributed by atoms with Crippen LogP contribution < -0.4 is 16.4 Å². The molecule has 4 amide bonds. The van der Waals surface area contributed by atoms with Crippen LogP contribution in [0, 0.1) is 13.8 Å². The van der Waals surface area contributed by atoms with Crippen molar-refractivity contribution in [3.8, 4) is 0 Å². The van der Waals surface area contributed by atoms with Crippen molar-refractivity contribution in [1.82, 2.24) is 15.5 Å². The monoisotopic (exact) mass is 534 g/mol. The van der Waals surface area contributed by atoms with Crippen molar-refractivity contribution in [2.75, 3.05) is 13.7 Å². The van der Waals surface area contributed by atoms with E-state index in [0.717, 1.165) is 11.1 Å². The molecule has 2 atom stereocenters. The first-order valence-corrected chi connectivity index (χ1v) is 12.4. The lowest BCUT2D eigenvalue weighted by Crippen LogP contribution is -2.59. The van der Waals surface area contributed by atoms with Crippen LogP contribution in [-0.2, 0) is 28.7 Å². The van der Waals surface area contributed by atoms with Gasteiger partial charge >= 0.3 is 12.1 Å². The molecule has 1 rings (SSSR count). The second-order valence-electron chi connectivity index (χ2n) is 11.1. The normalized spacial score (nSPS) is 13.1. The van der Waals surface area contributed by atoms with E-state index >= 15 is 0 Å². The predicted molar refractivity (Wildman–Crippen MR) is 142 cm³/mol. The molecule has 11 heteroatoms. The third-order valence-electron chi connectivity index (χ3n) is 5.62. The molecule has 1 aromatic carbocycles. The zero-order valence-corrected chi connectivity index (χ0v) is 23.9. The van der Waals surface area contributed by atoms with Crippen LogP contribution in [0.2, 0.25) is 0 Å². The summed E-state index contributed by atoms with van der Waals surface area (Å²) < 4.78 is 9.95. The van der Waals surface area contributed by atoms with Crippen LogP contribution in [0.25, 0.3) is 0 Å². The summed E-state index contributed by atoms with van der Waals surface area (Å²) in [5.74, 6) is -2.55. The Labute approximate surface area is 224 Å². The number of hydrogen-bond donors (Lipinski definition) is 3. The summed E-state index contributed by atoms with van der Waals surface area (Å²) in [7, 11) is 1.20. The fraction of sp³-hybridized carbons (Fsp3) is 0.593. The van der Waals surface area contributed by atoms with E-state index in [1.54, 1.807) is 53.7 Å². The van der Waals surface area contributed by atoms with Crippen molar-refractivity contribution in [3.05, 3.63) is 34.9 Å². The number of primary amides is 1. The molecule has 0 saturated heterocycles. The number of alkyl carbamates (subject to hydrolysis) is 1. The van der Waals surface area contributed by atoms with Crippen LogP contribution in [0.1, 0.15) is 77.1 Å². The highest BCUT2D eigenvalue weighted by atomic mass is 16.6. The number of benzene rings is 1. The third-order valence-corrected chi connectivity index (χ3v) is 5.62. The van der Waals surface area contributed by atoms with Gasteiger partial charge in [0.15, 0.2) is 0 Å². The fourth-order valence-electron chi connectivity index (χ4n) is 3.69.